The van der Waals surface area contributed by atoms with E-state index in [2.05, 4.69) is 46.1 Å². The molecule has 1 saturated heterocycles. The van der Waals surface area contributed by atoms with E-state index in [1.807, 2.05) is 18.2 Å². The van der Waals surface area contributed by atoms with Gasteiger partial charge in [-0.1, -0.05) is 13.8 Å². The summed E-state index contributed by atoms with van der Waals surface area (Å²) in [6.45, 7) is 8.44. The molecule has 6 nitrogen and oxygen atoms in total. The summed E-state index contributed by atoms with van der Waals surface area (Å²) in [6.07, 6.45) is 4.91. The van der Waals surface area contributed by atoms with Crippen molar-refractivity contribution in [2.24, 2.45) is 11.7 Å². The summed E-state index contributed by atoms with van der Waals surface area (Å²) in [5.41, 5.74) is 8.53. The molecule has 1 atom stereocenters. The Kier molecular flexibility index (Phi) is 10.1. The van der Waals surface area contributed by atoms with E-state index in [0.717, 1.165) is 60.7 Å². The summed E-state index contributed by atoms with van der Waals surface area (Å²) in [5.74, 6) is 1.73. The summed E-state index contributed by atoms with van der Waals surface area (Å²) in [7, 11) is 0. The van der Waals surface area contributed by atoms with Gasteiger partial charge in [0.2, 0.25) is 0 Å². The Morgan fingerprint density at radius 1 is 1.39 bits per heavy atom. The molecule has 0 spiro atoms. The molecule has 1 aromatic heterocycles. The van der Waals surface area contributed by atoms with E-state index >= 15 is 0 Å². The number of aromatic nitrogens is 1. The molecule has 1 aromatic carbocycles. The van der Waals surface area contributed by atoms with Crippen LogP contribution in [-0.4, -0.2) is 30.5 Å². The highest BCUT2D eigenvalue weighted by Gasteiger charge is 2.14. The summed E-state index contributed by atoms with van der Waals surface area (Å²) >= 11 is 3.37. The number of hydrogen-bond acceptors (Lipinski definition) is 6. The number of benzene rings is 1. The summed E-state index contributed by atoms with van der Waals surface area (Å²) < 4.78 is 5.88. The smallest absolute Gasteiger partial charge is 0.161 e. The summed E-state index contributed by atoms with van der Waals surface area (Å²) in [4.78, 5) is 16.1. The maximum absolute atomic E-state index is 11.8. The van der Waals surface area contributed by atoms with E-state index in [0.29, 0.717) is 16.9 Å². The zero-order valence-corrected chi connectivity index (χ0v) is 20.0. The topological polar surface area (TPSA) is 101 Å². The zero-order valence-electron chi connectivity index (χ0n) is 18.5. The molecule has 0 aliphatic carbocycles. The highest BCUT2D eigenvalue weighted by atomic mass is 79.9. The van der Waals surface area contributed by atoms with Crippen molar-refractivity contribution < 1.29 is 9.53 Å². The Morgan fingerprint density at radius 2 is 2.10 bits per heavy atom. The van der Waals surface area contributed by atoms with Crippen molar-refractivity contribution >= 4 is 33.2 Å². The SMILES string of the molecule is CCC(C)c1cc(Nc2ccc(C#N)c(Br)c2)ncc1C(C)=O.NCC1CCOCC1. The number of ether oxygens (including phenoxy) is 1. The lowest BCUT2D eigenvalue weighted by Crippen LogP contribution is -2.22. The fraction of sp³-hybridized carbons (Fsp3) is 0.458. The van der Waals surface area contributed by atoms with Gasteiger partial charge in [-0.05, 0) is 90.3 Å². The van der Waals surface area contributed by atoms with Crippen molar-refractivity contribution in [2.75, 3.05) is 25.1 Å². The molecular formula is C24H31BrN4O2. The standard InChI is InChI=1S/C18H18BrN3O.C6H13NO/c1-4-11(2)15-8-18(21-10-16(15)12(3)23)22-14-6-5-13(9-20)17(19)7-14;7-5-6-1-3-8-4-2-6/h5-8,10-11H,4H2,1-3H3,(H,21,22);6H,1-5,7H2. The fourth-order valence-electron chi connectivity index (χ4n) is 3.27. The number of nitriles is 1. The molecule has 7 heteroatoms. The maximum atomic E-state index is 11.8. The number of pyridine rings is 1. The number of carbonyl (C=O) groups is 1. The highest BCUT2D eigenvalue weighted by Crippen LogP contribution is 2.28. The van der Waals surface area contributed by atoms with Crippen molar-refractivity contribution in [3.8, 4) is 6.07 Å². The van der Waals surface area contributed by atoms with Crippen LogP contribution in [0.2, 0.25) is 0 Å². The maximum Gasteiger partial charge on any atom is 0.161 e. The number of nitrogens with two attached hydrogens (primary N) is 1. The molecule has 0 saturated carbocycles. The van der Waals surface area contributed by atoms with E-state index in [9.17, 15) is 4.79 Å². The number of Topliss-reactive ketones (excluding diaryl/α,β-unsaturated/α-hetero) is 1. The van der Waals surface area contributed by atoms with E-state index in [1.54, 1.807) is 19.2 Å². The van der Waals surface area contributed by atoms with Crippen molar-refractivity contribution in [1.82, 2.24) is 4.98 Å². The Hall–Kier alpha value is -2.27. The average molecular weight is 487 g/mol. The molecule has 166 valence electrons. The molecule has 1 aliphatic rings. The molecule has 2 aromatic rings. The van der Waals surface area contributed by atoms with Crippen LogP contribution in [0.4, 0.5) is 11.5 Å². The third-order valence-electron chi connectivity index (χ3n) is 5.49. The lowest BCUT2D eigenvalue weighted by molar-refractivity contribution is 0.0688. The predicted octanol–water partition coefficient (Wildman–Crippen LogP) is 5.55. The molecule has 0 amide bonds. The van der Waals surface area contributed by atoms with Gasteiger partial charge in [-0.15, -0.1) is 0 Å². The van der Waals surface area contributed by atoms with Gasteiger partial charge >= 0.3 is 0 Å². The van der Waals surface area contributed by atoms with Crippen molar-refractivity contribution in [3.63, 3.8) is 0 Å². The summed E-state index contributed by atoms with van der Waals surface area (Å²) in [5, 5.41) is 12.2. The first-order valence-corrected chi connectivity index (χ1v) is 11.4. The largest absolute Gasteiger partial charge is 0.381 e. The van der Waals surface area contributed by atoms with Gasteiger partial charge in [0.25, 0.3) is 0 Å². The Bertz CT molecular complexity index is 920. The zero-order chi connectivity index (χ0) is 22.8. The lowest BCUT2D eigenvalue weighted by atomic mass is 9.93. The van der Waals surface area contributed by atoms with Crippen LogP contribution in [0.5, 0.6) is 0 Å². The van der Waals surface area contributed by atoms with Crippen LogP contribution >= 0.6 is 15.9 Å². The van der Waals surface area contributed by atoms with E-state index < -0.39 is 0 Å². The highest BCUT2D eigenvalue weighted by molar-refractivity contribution is 9.10. The number of anilines is 2. The molecule has 0 radical (unpaired) electrons. The van der Waals surface area contributed by atoms with Gasteiger partial charge in [0.05, 0.1) is 5.56 Å². The van der Waals surface area contributed by atoms with Crippen LogP contribution in [0.1, 0.15) is 67.4 Å². The van der Waals surface area contributed by atoms with E-state index in [-0.39, 0.29) is 11.7 Å². The molecule has 31 heavy (non-hydrogen) atoms. The van der Waals surface area contributed by atoms with Crippen LogP contribution in [0, 0.1) is 17.2 Å². The number of hydrogen-bond donors (Lipinski definition) is 2. The number of carbonyl (C=O) groups excluding carboxylic acids is 1. The quantitative estimate of drug-likeness (QED) is 0.519. The molecule has 1 aliphatic heterocycles. The first-order valence-electron chi connectivity index (χ1n) is 10.6. The number of nitrogens with one attached hydrogen (secondary N) is 1. The molecule has 2 heterocycles. The van der Waals surface area contributed by atoms with Crippen LogP contribution in [0.3, 0.4) is 0 Å². The molecular weight excluding hydrogens is 456 g/mol. The monoisotopic (exact) mass is 486 g/mol. The summed E-state index contributed by atoms with van der Waals surface area (Å²) in [6, 6.07) is 9.44. The minimum absolute atomic E-state index is 0.0282. The van der Waals surface area contributed by atoms with Crippen LogP contribution < -0.4 is 11.1 Å². The van der Waals surface area contributed by atoms with Crippen LogP contribution in [-0.2, 0) is 4.74 Å². The lowest BCUT2D eigenvalue weighted by Gasteiger charge is -2.19. The number of nitrogens with zero attached hydrogens (tertiary/aromatic N) is 2. The minimum atomic E-state index is 0.0282. The molecule has 1 unspecified atom stereocenters. The van der Waals surface area contributed by atoms with E-state index in [1.165, 1.54) is 0 Å². The van der Waals surface area contributed by atoms with Gasteiger partial charge < -0.3 is 15.8 Å². The number of rotatable bonds is 6. The fourth-order valence-corrected chi connectivity index (χ4v) is 3.74. The average Bonchev–Trinajstić information content (AvgIpc) is 2.79. The van der Waals surface area contributed by atoms with Gasteiger partial charge in [-0.2, -0.15) is 5.26 Å². The van der Waals surface area contributed by atoms with Gasteiger partial charge in [-0.25, -0.2) is 4.98 Å². The molecule has 3 N–H and O–H groups in total. The normalized spacial score (nSPS) is 14.7. The van der Waals surface area contributed by atoms with Gasteiger partial charge in [0, 0.05) is 35.1 Å². The van der Waals surface area contributed by atoms with Crippen LogP contribution in [0.25, 0.3) is 0 Å². The Labute approximate surface area is 193 Å². The van der Waals surface area contributed by atoms with Gasteiger partial charge in [0.15, 0.2) is 5.78 Å². The predicted molar refractivity (Wildman–Crippen MR) is 128 cm³/mol. The second-order valence-electron chi connectivity index (χ2n) is 7.75. The third-order valence-corrected chi connectivity index (χ3v) is 6.15. The molecule has 1 fully saturated rings. The Balaban J connectivity index is 0.000000357. The molecule has 3 rings (SSSR count). The first-order chi connectivity index (χ1) is 14.9. The second-order valence-corrected chi connectivity index (χ2v) is 8.60. The Morgan fingerprint density at radius 3 is 2.61 bits per heavy atom. The second kappa shape index (κ2) is 12.6. The van der Waals surface area contributed by atoms with Crippen molar-refractivity contribution in [3.05, 3.63) is 51.6 Å². The number of ketones is 1. The van der Waals surface area contributed by atoms with Gasteiger partial charge in [0.1, 0.15) is 11.9 Å². The molecule has 0 bridgehead atoms. The van der Waals surface area contributed by atoms with E-state index in [4.69, 9.17) is 15.7 Å². The number of halogens is 1. The van der Waals surface area contributed by atoms with Crippen molar-refractivity contribution in [2.45, 2.75) is 46.0 Å². The van der Waals surface area contributed by atoms with Gasteiger partial charge in [-0.3, -0.25) is 4.79 Å². The first kappa shape index (κ1) is 25.0. The third kappa shape index (κ3) is 7.42. The van der Waals surface area contributed by atoms with Crippen molar-refractivity contribution in [1.29, 1.82) is 5.26 Å². The minimum Gasteiger partial charge on any atom is -0.381 e. The van der Waals surface area contributed by atoms with Crippen LogP contribution in [0.15, 0.2) is 34.9 Å².